The number of piperidine rings is 1. The van der Waals surface area contributed by atoms with E-state index < -0.39 is 0 Å². The molecule has 1 aliphatic heterocycles. The standard InChI is InChI=1S/C19H25ClN6O/c1-22-19(16-8-9-23-18(16)21)25-15-3-2-10-26(12-15)17(27)11-24-14-6-4-13(20)5-7-14/h4-9,15,23-24H,2-3,10-12,21H2,1H3,(H,22,25)/t15-/m0/s1. The first-order valence-electron chi connectivity index (χ1n) is 9.00. The first kappa shape index (κ1) is 19.1. The molecule has 0 spiro atoms. The quantitative estimate of drug-likeness (QED) is 0.466. The number of nitrogens with two attached hydrogens (primary N) is 1. The second-order valence-corrected chi connectivity index (χ2v) is 7.00. The monoisotopic (exact) mass is 388 g/mol. The van der Waals surface area contributed by atoms with Crippen LogP contribution in [0.5, 0.6) is 0 Å². The maximum Gasteiger partial charge on any atom is 0.241 e. The third kappa shape index (κ3) is 4.95. The van der Waals surface area contributed by atoms with Crippen molar-refractivity contribution >= 4 is 34.8 Å². The zero-order valence-corrected chi connectivity index (χ0v) is 16.1. The number of nitrogen functional groups attached to an aromatic ring is 1. The van der Waals surface area contributed by atoms with Crippen molar-refractivity contribution in [2.45, 2.75) is 18.9 Å². The van der Waals surface area contributed by atoms with Gasteiger partial charge in [-0.25, -0.2) is 0 Å². The minimum atomic E-state index is 0.0765. The number of aromatic amines is 1. The van der Waals surface area contributed by atoms with Crippen LogP contribution < -0.4 is 16.4 Å². The van der Waals surface area contributed by atoms with Gasteiger partial charge in [0, 0.05) is 43.1 Å². The number of benzene rings is 1. The number of hydrogen-bond donors (Lipinski definition) is 4. The molecule has 1 amide bonds. The second-order valence-electron chi connectivity index (χ2n) is 6.56. The summed E-state index contributed by atoms with van der Waals surface area (Å²) in [6.07, 6.45) is 3.72. The van der Waals surface area contributed by atoms with Gasteiger partial charge in [0.2, 0.25) is 5.91 Å². The first-order valence-corrected chi connectivity index (χ1v) is 9.38. The SMILES string of the molecule is CN=C(N[C@H]1CCCN(C(=O)CNc2ccc(Cl)cc2)C1)c1cc[nH]c1N. The van der Waals surface area contributed by atoms with E-state index >= 15 is 0 Å². The molecule has 0 radical (unpaired) electrons. The Morgan fingerprint density at radius 3 is 2.81 bits per heavy atom. The fourth-order valence-electron chi connectivity index (χ4n) is 3.22. The zero-order chi connectivity index (χ0) is 19.2. The molecule has 1 atom stereocenters. The van der Waals surface area contributed by atoms with E-state index in [1.807, 2.05) is 23.1 Å². The number of aromatic nitrogens is 1. The van der Waals surface area contributed by atoms with Crippen LogP contribution >= 0.6 is 11.6 Å². The lowest BCUT2D eigenvalue weighted by atomic mass is 10.0. The summed E-state index contributed by atoms with van der Waals surface area (Å²) in [5.74, 6) is 1.40. The van der Waals surface area contributed by atoms with E-state index in [0.29, 0.717) is 17.4 Å². The Bertz CT molecular complexity index is 801. The molecule has 5 N–H and O–H groups in total. The van der Waals surface area contributed by atoms with Crippen LogP contribution in [0.1, 0.15) is 18.4 Å². The molecule has 1 aromatic heterocycles. The number of nitrogens with zero attached hydrogens (tertiary/aromatic N) is 2. The summed E-state index contributed by atoms with van der Waals surface area (Å²) in [6.45, 7) is 1.67. The number of carbonyl (C=O) groups is 1. The Morgan fingerprint density at radius 2 is 2.15 bits per heavy atom. The number of rotatable bonds is 5. The van der Waals surface area contributed by atoms with Gasteiger partial charge in [0.05, 0.1) is 12.1 Å². The molecule has 144 valence electrons. The number of carbonyl (C=O) groups excluding carboxylic acids is 1. The van der Waals surface area contributed by atoms with Crippen LogP contribution in [0.4, 0.5) is 11.5 Å². The molecule has 2 aromatic rings. The van der Waals surface area contributed by atoms with E-state index in [0.717, 1.165) is 36.5 Å². The predicted octanol–water partition coefficient (Wildman–Crippen LogP) is 2.32. The minimum Gasteiger partial charge on any atom is -0.385 e. The lowest BCUT2D eigenvalue weighted by Crippen LogP contribution is -2.51. The van der Waals surface area contributed by atoms with Gasteiger partial charge in [0.1, 0.15) is 11.7 Å². The molecule has 0 saturated carbocycles. The molecular formula is C19H25ClN6O. The lowest BCUT2D eigenvalue weighted by Gasteiger charge is -2.34. The summed E-state index contributed by atoms with van der Waals surface area (Å²) in [4.78, 5) is 21.7. The van der Waals surface area contributed by atoms with Crippen molar-refractivity contribution in [3.8, 4) is 0 Å². The highest BCUT2D eigenvalue weighted by molar-refractivity contribution is 6.30. The number of nitrogens with one attached hydrogen (secondary N) is 3. The van der Waals surface area contributed by atoms with Crippen LogP contribution in [0.25, 0.3) is 0 Å². The highest BCUT2D eigenvalue weighted by atomic mass is 35.5. The molecular weight excluding hydrogens is 364 g/mol. The largest absolute Gasteiger partial charge is 0.385 e. The van der Waals surface area contributed by atoms with Gasteiger partial charge in [0.25, 0.3) is 0 Å². The van der Waals surface area contributed by atoms with Gasteiger partial charge in [-0.2, -0.15) is 0 Å². The maximum atomic E-state index is 12.6. The summed E-state index contributed by atoms with van der Waals surface area (Å²) < 4.78 is 0. The Balaban J connectivity index is 1.54. The average molecular weight is 389 g/mol. The molecule has 8 heteroatoms. The topological polar surface area (TPSA) is 98.5 Å². The Labute approximate surface area is 164 Å². The third-order valence-electron chi connectivity index (χ3n) is 4.66. The van der Waals surface area contributed by atoms with Gasteiger partial charge in [-0.3, -0.25) is 9.79 Å². The highest BCUT2D eigenvalue weighted by Gasteiger charge is 2.24. The van der Waals surface area contributed by atoms with Crippen LogP contribution in [-0.4, -0.2) is 54.4 Å². The van der Waals surface area contributed by atoms with Crippen molar-refractivity contribution in [2.75, 3.05) is 37.7 Å². The number of aliphatic imine (C=N–C) groups is 1. The Morgan fingerprint density at radius 1 is 1.37 bits per heavy atom. The van der Waals surface area contributed by atoms with Crippen LogP contribution in [0.3, 0.4) is 0 Å². The summed E-state index contributed by atoms with van der Waals surface area (Å²) in [5.41, 5.74) is 7.67. The maximum absolute atomic E-state index is 12.6. The first-order chi connectivity index (χ1) is 13.1. The number of H-pyrrole nitrogens is 1. The third-order valence-corrected chi connectivity index (χ3v) is 4.91. The lowest BCUT2D eigenvalue weighted by molar-refractivity contribution is -0.130. The van der Waals surface area contributed by atoms with E-state index in [-0.39, 0.29) is 18.5 Å². The average Bonchev–Trinajstić information content (AvgIpc) is 3.11. The molecule has 0 aliphatic carbocycles. The van der Waals surface area contributed by atoms with E-state index in [4.69, 9.17) is 17.3 Å². The number of likely N-dealkylation sites (tertiary alicyclic amines) is 1. The Kier molecular flexibility index (Phi) is 6.24. The molecule has 0 bridgehead atoms. The number of hydrogen-bond acceptors (Lipinski definition) is 4. The van der Waals surface area contributed by atoms with Crippen LogP contribution in [0.2, 0.25) is 5.02 Å². The number of anilines is 2. The number of halogens is 1. The number of amides is 1. The van der Waals surface area contributed by atoms with Gasteiger partial charge < -0.3 is 26.3 Å². The van der Waals surface area contributed by atoms with Gasteiger partial charge in [-0.15, -0.1) is 0 Å². The zero-order valence-electron chi connectivity index (χ0n) is 15.3. The molecule has 7 nitrogen and oxygen atoms in total. The van der Waals surface area contributed by atoms with Gasteiger partial charge in [-0.05, 0) is 43.2 Å². The summed E-state index contributed by atoms with van der Waals surface area (Å²) in [5, 5.41) is 7.26. The fourth-order valence-corrected chi connectivity index (χ4v) is 3.35. The van der Waals surface area contributed by atoms with Gasteiger partial charge >= 0.3 is 0 Å². The smallest absolute Gasteiger partial charge is 0.241 e. The highest BCUT2D eigenvalue weighted by Crippen LogP contribution is 2.15. The molecule has 1 aromatic carbocycles. The van der Waals surface area contributed by atoms with Crippen molar-refractivity contribution in [1.82, 2.24) is 15.2 Å². The summed E-state index contributed by atoms with van der Waals surface area (Å²) >= 11 is 5.88. The number of amidine groups is 1. The van der Waals surface area contributed by atoms with Crippen molar-refractivity contribution in [3.05, 3.63) is 47.1 Å². The van der Waals surface area contributed by atoms with Crippen molar-refractivity contribution in [3.63, 3.8) is 0 Å². The molecule has 27 heavy (non-hydrogen) atoms. The van der Waals surface area contributed by atoms with Crippen molar-refractivity contribution in [2.24, 2.45) is 4.99 Å². The predicted molar refractivity (Wildman–Crippen MR) is 110 cm³/mol. The minimum absolute atomic E-state index is 0.0765. The van der Waals surface area contributed by atoms with Gasteiger partial charge in [0.15, 0.2) is 0 Å². The van der Waals surface area contributed by atoms with Gasteiger partial charge in [-0.1, -0.05) is 11.6 Å². The van der Waals surface area contributed by atoms with E-state index in [1.54, 1.807) is 25.4 Å². The summed E-state index contributed by atoms with van der Waals surface area (Å²) in [6, 6.07) is 9.36. The van der Waals surface area contributed by atoms with E-state index in [1.165, 1.54) is 0 Å². The fraction of sp³-hybridized carbons (Fsp3) is 0.368. The molecule has 1 aliphatic rings. The van der Waals surface area contributed by atoms with Crippen LogP contribution in [0, 0.1) is 0 Å². The normalized spacial score (nSPS) is 17.6. The van der Waals surface area contributed by atoms with Crippen molar-refractivity contribution in [1.29, 1.82) is 0 Å². The summed E-state index contributed by atoms with van der Waals surface area (Å²) in [7, 11) is 1.73. The molecule has 2 heterocycles. The molecule has 3 rings (SSSR count). The molecule has 0 unspecified atom stereocenters. The van der Waals surface area contributed by atoms with Crippen molar-refractivity contribution < 1.29 is 4.79 Å². The second kappa shape index (κ2) is 8.81. The van der Waals surface area contributed by atoms with Crippen LogP contribution in [0.15, 0.2) is 41.5 Å². The van der Waals surface area contributed by atoms with Crippen LogP contribution in [-0.2, 0) is 4.79 Å². The van der Waals surface area contributed by atoms with E-state index in [9.17, 15) is 4.79 Å². The molecule has 1 fully saturated rings. The van der Waals surface area contributed by atoms with E-state index in [2.05, 4.69) is 20.6 Å². The molecule has 1 saturated heterocycles. The Hall–Kier alpha value is -2.67.